The fraction of sp³-hybridized carbons (Fsp3) is 0.417. The highest BCUT2D eigenvalue weighted by Gasteiger charge is 2.15. The maximum Gasteiger partial charge on any atom is 0.387 e. The lowest BCUT2D eigenvalue weighted by atomic mass is 9.98. The van der Waals surface area contributed by atoms with Gasteiger partial charge in [-0.1, -0.05) is 6.92 Å². The van der Waals surface area contributed by atoms with Crippen molar-refractivity contribution in [3.8, 4) is 5.75 Å². The molecule has 0 aliphatic rings. The first kappa shape index (κ1) is 12.6. The highest BCUT2D eigenvalue weighted by molar-refractivity contribution is 5.96. The van der Waals surface area contributed by atoms with E-state index >= 15 is 0 Å². The minimum Gasteiger partial charge on any atom is -0.435 e. The summed E-state index contributed by atoms with van der Waals surface area (Å²) < 4.78 is 28.8. The van der Waals surface area contributed by atoms with Gasteiger partial charge in [0.1, 0.15) is 5.75 Å². The summed E-state index contributed by atoms with van der Waals surface area (Å²) in [5.74, 6) is -0.0395. The fourth-order valence-electron chi connectivity index (χ4n) is 1.66. The summed E-state index contributed by atoms with van der Waals surface area (Å²) in [7, 11) is 0. The van der Waals surface area contributed by atoms with E-state index in [-0.39, 0.29) is 11.5 Å². The number of ketones is 1. The molecule has 0 saturated heterocycles. The number of carbonyl (C=O) groups is 1. The highest BCUT2D eigenvalue weighted by atomic mass is 19.3. The van der Waals surface area contributed by atoms with Crippen LogP contribution in [0.15, 0.2) is 12.1 Å². The molecular weight excluding hydrogens is 214 g/mol. The second-order valence-electron chi connectivity index (χ2n) is 3.58. The number of ether oxygens (including phenoxy) is 1. The maximum absolute atomic E-state index is 12.2. The zero-order chi connectivity index (χ0) is 12.3. The standard InChI is InChI=1S/C12H14F2O2/c1-4-9-10(8(3)15)5-7(2)6-11(9)16-12(13)14/h5-6,12H,4H2,1-3H3. The van der Waals surface area contributed by atoms with Crippen molar-refractivity contribution >= 4 is 5.78 Å². The molecule has 0 spiro atoms. The number of halogens is 2. The average Bonchev–Trinajstić information content (AvgIpc) is 2.15. The van der Waals surface area contributed by atoms with Gasteiger partial charge >= 0.3 is 6.61 Å². The van der Waals surface area contributed by atoms with Crippen LogP contribution >= 0.6 is 0 Å². The lowest BCUT2D eigenvalue weighted by molar-refractivity contribution is -0.0504. The first-order chi connectivity index (χ1) is 7.45. The van der Waals surface area contributed by atoms with Gasteiger partial charge in [-0.25, -0.2) is 0 Å². The molecule has 1 aromatic carbocycles. The summed E-state index contributed by atoms with van der Waals surface area (Å²) in [5, 5.41) is 0. The van der Waals surface area contributed by atoms with Crippen molar-refractivity contribution in [2.75, 3.05) is 0 Å². The van der Waals surface area contributed by atoms with Crippen LogP contribution in [0.4, 0.5) is 8.78 Å². The molecule has 1 rings (SSSR count). The molecule has 0 aliphatic carbocycles. The number of Topliss-reactive ketones (excluding diaryl/α,β-unsaturated/α-hetero) is 1. The van der Waals surface area contributed by atoms with Gasteiger partial charge in [0.2, 0.25) is 0 Å². The summed E-state index contributed by atoms with van der Waals surface area (Å²) in [4.78, 5) is 11.4. The van der Waals surface area contributed by atoms with Crippen molar-refractivity contribution < 1.29 is 18.3 Å². The normalized spacial score (nSPS) is 10.6. The van der Waals surface area contributed by atoms with Crippen LogP contribution in [0.5, 0.6) is 5.75 Å². The molecule has 0 heterocycles. The quantitative estimate of drug-likeness (QED) is 0.738. The van der Waals surface area contributed by atoms with E-state index in [0.29, 0.717) is 17.5 Å². The van der Waals surface area contributed by atoms with Crippen LogP contribution in [0.3, 0.4) is 0 Å². The van der Waals surface area contributed by atoms with Crippen LogP contribution in [-0.4, -0.2) is 12.4 Å². The lowest BCUT2D eigenvalue weighted by Gasteiger charge is -2.13. The van der Waals surface area contributed by atoms with Gasteiger partial charge in [-0.2, -0.15) is 8.78 Å². The molecule has 4 heteroatoms. The summed E-state index contributed by atoms with van der Waals surface area (Å²) in [5.41, 5.74) is 1.73. The number of hydrogen-bond acceptors (Lipinski definition) is 2. The monoisotopic (exact) mass is 228 g/mol. The first-order valence-electron chi connectivity index (χ1n) is 5.05. The smallest absolute Gasteiger partial charge is 0.387 e. The topological polar surface area (TPSA) is 26.3 Å². The molecule has 0 atom stereocenters. The minimum absolute atomic E-state index is 0.0997. The Morgan fingerprint density at radius 3 is 2.50 bits per heavy atom. The molecule has 16 heavy (non-hydrogen) atoms. The second kappa shape index (κ2) is 5.05. The van der Waals surface area contributed by atoms with Crippen LogP contribution < -0.4 is 4.74 Å². The molecule has 0 aromatic heterocycles. The molecule has 1 aromatic rings. The summed E-state index contributed by atoms with van der Waals surface area (Å²) >= 11 is 0. The predicted molar refractivity (Wildman–Crippen MR) is 57.2 cm³/mol. The molecule has 0 saturated carbocycles. The Morgan fingerprint density at radius 2 is 2.06 bits per heavy atom. The van der Waals surface area contributed by atoms with Crippen molar-refractivity contribution in [3.63, 3.8) is 0 Å². The van der Waals surface area contributed by atoms with E-state index in [4.69, 9.17) is 0 Å². The molecule has 0 bridgehead atoms. The molecule has 0 aliphatic heterocycles. The number of benzene rings is 1. The average molecular weight is 228 g/mol. The van der Waals surface area contributed by atoms with Gasteiger partial charge in [-0.05, 0) is 38.0 Å². The zero-order valence-corrected chi connectivity index (χ0v) is 9.51. The Morgan fingerprint density at radius 1 is 1.44 bits per heavy atom. The van der Waals surface area contributed by atoms with Gasteiger partial charge in [0, 0.05) is 11.1 Å². The lowest BCUT2D eigenvalue weighted by Crippen LogP contribution is -2.08. The Balaban J connectivity index is 3.30. The molecule has 0 amide bonds. The van der Waals surface area contributed by atoms with Crippen LogP contribution in [-0.2, 0) is 6.42 Å². The Hall–Kier alpha value is -1.45. The minimum atomic E-state index is -2.87. The molecule has 2 nitrogen and oxygen atoms in total. The van der Waals surface area contributed by atoms with Gasteiger partial charge < -0.3 is 4.74 Å². The van der Waals surface area contributed by atoms with Gasteiger partial charge in [0.05, 0.1) is 0 Å². The van der Waals surface area contributed by atoms with Gasteiger partial charge in [0.25, 0.3) is 0 Å². The third kappa shape index (κ3) is 2.78. The molecular formula is C12H14F2O2. The summed E-state index contributed by atoms with van der Waals surface area (Å²) in [6.07, 6.45) is 0.483. The number of carbonyl (C=O) groups excluding carboxylic acids is 1. The van der Waals surface area contributed by atoms with E-state index in [2.05, 4.69) is 4.74 Å². The summed E-state index contributed by atoms with van der Waals surface area (Å²) in [6.45, 7) is 2.09. The van der Waals surface area contributed by atoms with Crippen LogP contribution in [0.2, 0.25) is 0 Å². The number of hydrogen-bond donors (Lipinski definition) is 0. The van der Waals surface area contributed by atoms with Crippen molar-refractivity contribution in [2.24, 2.45) is 0 Å². The SMILES string of the molecule is CCc1c(OC(F)F)cc(C)cc1C(C)=O. The highest BCUT2D eigenvalue weighted by Crippen LogP contribution is 2.27. The Bertz CT molecular complexity index is 400. The fourth-order valence-corrected chi connectivity index (χ4v) is 1.66. The van der Waals surface area contributed by atoms with Gasteiger partial charge in [0.15, 0.2) is 5.78 Å². The maximum atomic E-state index is 12.2. The molecule has 0 radical (unpaired) electrons. The first-order valence-corrected chi connectivity index (χ1v) is 5.05. The van der Waals surface area contributed by atoms with Crippen molar-refractivity contribution in [2.45, 2.75) is 33.8 Å². The second-order valence-corrected chi connectivity index (χ2v) is 3.58. The molecule has 0 unspecified atom stereocenters. The van der Waals surface area contributed by atoms with E-state index in [9.17, 15) is 13.6 Å². The van der Waals surface area contributed by atoms with E-state index in [1.807, 2.05) is 0 Å². The third-order valence-corrected chi connectivity index (χ3v) is 2.30. The number of alkyl halides is 2. The van der Waals surface area contributed by atoms with E-state index < -0.39 is 6.61 Å². The largest absolute Gasteiger partial charge is 0.435 e. The van der Waals surface area contributed by atoms with Crippen molar-refractivity contribution in [1.82, 2.24) is 0 Å². The predicted octanol–water partition coefficient (Wildman–Crippen LogP) is 3.36. The van der Waals surface area contributed by atoms with Gasteiger partial charge in [-0.3, -0.25) is 4.79 Å². The number of aryl methyl sites for hydroxylation is 1. The Labute approximate surface area is 93.2 Å². The Kier molecular flexibility index (Phi) is 3.99. The third-order valence-electron chi connectivity index (χ3n) is 2.30. The van der Waals surface area contributed by atoms with Crippen molar-refractivity contribution in [3.05, 3.63) is 28.8 Å². The van der Waals surface area contributed by atoms with Crippen LogP contribution in [0.25, 0.3) is 0 Å². The molecule has 88 valence electrons. The van der Waals surface area contributed by atoms with E-state index in [1.165, 1.54) is 13.0 Å². The summed E-state index contributed by atoms with van der Waals surface area (Å²) in [6, 6.07) is 3.22. The van der Waals surface area contributed by atoms with Crippen LogP contribution in [0.1, 0.15) is 35.3 Å². The van der Waals surface area contributed by atoms with E-state index in [0.717, 1.165) is 5.56 Å². The van der Waals surface area contributed by atoms with Crippen LogP contribution in [0, 0.1) is 6.92 Å². The molecule has 0 N–H and O–H groups in total. The number of rotatable bonds is 4. The molecule has 0 fully saturated rings. The zero-order valence-electron chi connectivity index (χ0n) is 9.51. The van der Waals surface area contributed by atoms with Gasteiger partial charge in [-0.15, -0.1) is 0 Å². The van der Waals surface area contributed by atoms with E-state index in [1.54, 1.807) is 19.9 Å². The van der Waals surface area contributed by atoms with Crippen molar-refractivity contribution in [1.29, 1.82) is 0 Å².